The zero-order valence-electron chi connectivity index (χ0n) is 13.1. The minimum absolute atomic E-state index is 0.161. The molecule has 2 aromatic rings. The summed E-state index contributed by atoms with van der Waals surface area (Å²) in [7, 11) is -4.73. The zero-order chi connectivity index (χ0) is 19.2. The topological polar surface area (TPSA) is 186 Å². The lowest BCUT2D eigenvalue weighted by molar-refractivity contribution is -0.0306. The van der Waals surface area contributed by atoms with Gasteiger partial charge in [0.1, 0.15) is 34.2 Å². The van der Waals surface area contributed by atoms with Crippen molar-refractivity contribution in [1.29, 1.82) is 0 Å². The van der Waals surface area contributed by atoms with E-state index in [1.54, 1.807) is 6.92 Å². The molecule has 1 saturated heterocycles. The molecule has 3 rings (SSSR count). The highest BCUT2D eigenvalue weighted by Gasteiger charge is 2.47. The molecule has 15 heteroatoms. The monoisotopic (exact) mass is 425 g/mol. The summed E-state index contributed by atoms with van der Waals surface area (Å²) in [5, 5.41) is 20.6. The van der Waals surface area contributed by atoms with Gasteiger partial charge in [-0.25, -0.2) is 23.5 Å². The maximum absolute atomic E-state index is 10.8. The number of imidazole rings is 1. The summed E-state index contributed by atoms with van der Waals surface area (Å²) in [5.41, 5.74) is 6.42. The molecule has 0 bridgehead atoms. The molecule has 0 aromatic carbocycles. The number of aliphatic hydroxyl groups excluding tert-OH is 2. The maximum Gasteiger partial charge on any atom is 0.480 e. The molecule has 0 saturated carbocycles. The summed E-state index contributed by atoms with van der Waals surface area (Å²) in [6.45, 7) is 1.64. The van der Waals surface area contributed by atoms with E-state index in [-0.39, 0.29) is 5.82 Å². The molecular weight excluding hydrogens is 409 g/mol. The summed E-state index contributed by atoms with van der Waals surface area (Å²) >= 11 is 4.44. The van der Waals surface area contributed by atoms with E-state index in [0.717, 1.165) is 0 Å². The number of aromatic nitrogens is 4. The molecular formula is C11H16N5O7PS2. The molecule has 0 radical (unpaired) electrons. The van der Waals surface area contributed by atoms with Crippen molar-refractivity contribution in [2.24, 2.45) is 0 Å². The van der Waals surface area contributed by atoms with E-state index >= 15 is 0 Å². The van der Waals surface area contributed by atoms with E-state index in [0.29, 0.717) is 29.0 Å². The van der Waals surface area contributed by atoms with Gasteiger partial charge in [-0.2, -0.15) is 12.6 Å². The minimum Gasteiger partial charge on any atom is -0.387 e. The Balaban J connectivity index is 1.85. The van der Waals surface area contributed by atoms with E-state index in [2.05, 4.69) is 31.6 Å². The van der Waals surface area contributed by atoms with E-state index in [9.17, 15) is 14.8 Å². The molecule has 2 aromatic heterocycles. The predicted molar refractivity (Wildman–Crippen MR) is 93.9 cm³/mol. The first-order chi connectivity index (χ1) is 12.1. The predicted octanol–water partition coefficient (Wildman–Crippen LogP) is -0.650. The standard InChI is InChI=1S/C11H16N5O7PS2/c1-3-14-8(12)4-9(15-3)16(2-13-4)10-6(18)5(17)7(22-10)11(25)26-23-24(19,20)21/h2,5-7,10-11,17-18,25H,1H3,(H2,12,14,15)(H2,19,20,21)/t5-,6+,7-,10+,11?/m0/s1. The van der Waals surface area contributed by atoms with Crippen molar-refractivity contribution in [3.63, 3.8) is 0 Å². The number of nitrogens with zero attached hydrogens (tertiary/aromatic N) is 4. The molecule has 1 aliphatic heterocycles. The van der Waals surface area contributed by atoms with E-state index in [4.69, 9.17) is 20.3 Å². The fraction of sp³-hybridized carbons (Fsp3) is 0.545. The van der Waals surface area contributed by atoms with Crippen LogP contribution >= 0.6 is 32.5 Å². The van der Waals surface area contributed by atoms with Gasteiger partial charge in [-0.05, 0) is 6.92 Å². The lowest BCUT2D eigenvalue weighted by Crippen LogP contribution is -2.35. The largest absolute Gasteiger partial charge is 0.480 e. The van der Waals surface area contributed by atoms with Crippen LogP contribution in [0.2, 0.25) is 0 Å². The van der Waals surface area contributed by atoms with Crippen molar-refractivity contribution < 1.29 is 33.3 Å². The Labute approximate surface area is 156 Å². The number of fused-ring (bicyclic) bond motifs is 1. The van der Waals surface area contributed by atoms with Gasteiger partial charge in [0.2, 0.25) is 0 Å². The molecule has 3 heterocycles. The summed E-state index contributed by atoms with van der Waals surface area (Å²) in [6, 6.07) is 0. The average Bonchev–Trinajstić information content (AvgIpc) is 3.07. The normalized spacial score (nSPS) is 27.9. The Kier molecular flexibility index (Phi) is 5.50. The Morgan fingerprint density at radius 3 is 2.77 bits per heavy atom. The fourth-order valence-electron chi connectivity index (χ4n) is 2.54. The van der Waals surface area contributed by atoms with Gasteiger partial charge in [0.05, 0.1) is 6.33 Å². The van der Waals surface area contributed by atoms with Gasteiger partial charge < -0.3 is 30.5 Å². The molecule has 5 atom stereocenters. The van der Waals surface area contributed by atoms with Crippen LogP contribution in [0, 0.1) is 6.92 Å². The molecule has 0 spiro atoms. The van der Waals surface area contributed by atoms with Crippen molar-refractivity contribution in [2.75, 3.05) is 5.73 Å². The van der Waals surface area contributed by atoms with Crippen LogP contribution in [0.5, 0.6) is 0 Å². The lowest BCUT2D eigenvalue weighted by Gasteiger charge is -2.20. The van der Waals surface area contributed by atoms with Gasteiger partial charge in [0.25, 0.3) is 0 Å². The zero-order valence-corrected chi connectivity index (χ0v) is 15.8. The number of hydrogen-bond donors (Lipinski definition) is 6. The highest BCUT2D eigenvalue weighted by Crippen LogP contribution is 2.45. The maximum atomic E-state index is 10.8. The van der Waals surface area contributed by atoms with Gasteiger partial charge in [0.15, 0.2) is 17.7 Å². The molecule has 12 nitrogen and oxygen atoms in total. The molecule has 0 aliphatic carbocycles. The average molecular weight is 425 g/mol. The first kappa shape index (κ1) is 19.8. The number of thiol groups is 1. The number of anilines is 1. The van der Waals surface area contributed by atoms with E-state index < -0.39 is 36.9 Å². The highest BCUT2D eigenvalue weighted by atomic mass is 32.2. The van der Waals surface area contributed by atoms with Crippen LogP contribution in [-0.2, 0) is 13.3 Å². The van der Waals surface area contributed by atoms with Gasteiger partial charge in [-0.15, -0.1) is 0 Å². The second-order valence-electron chi connectivity index (χ2n) is 5.50. The number of rotatable bonds is 5. The quantitative estimate of drug-likeness (QED) is 0.154. The van der Waals surface area contributed by atoms with Crippen molar-refractivity contribution in [3.05, 3.63) is 12.2 Å². The van der Waals surface area contributed by atoms with Crippen LogP contribution in [0.25, 0.3) is 11.2 Å². The third-order valence-electron chi connectivity index (χ3n) is 3.63. The van der Waals surface area contributed by atoms with Crippen LogP contribution < -0.4 is 5.73 Å². The SMILES string of the molecule is Cc1nc(N)c2ncn([C@@H]3O[C@H](C(S)SOP(=O)(O)O)[C@@H](O)[C@H]3O)c2n1. The van der Waals surface area contributed by atoms with Crippen molar-refractivity contribution in [1.82, 2.24) is 19.5 Å². The highest BCUT2D eigenvalue weighted by molar-refractivity contribution is 8.09. The number of aliphatic hydroxyl groups is 2. The third-order valence-corrected chi connectivity index (χ3v) is 5.77. The summed E-state index contributed by atoms with van der Waals surface area (Å²) < 4.78 is 21.1. The second kappa shape index (κ2) is 7.22. The molecule has 1 unspecified atom stereocenters. The first-order valence-electron chi connectivity index (χ1n) is 7.15. The molecule has 1 fully saturated rings. The first-order valence-corrected chi connectivity index (χ1v) is 10.0. The van der Waals surface area contributed by atoms with Gasteiger partial charge >= 0.3 is 7.82 Å². The van der Waals surface area contributed by atoms with Crippen molar-refractivity contribution in [3.8, 4) is 0 Å². The number of nitrogens with two attached hydrogens (primary N) is 1. The fourth-order valence-corrected chi connectivity index (χ4v) is 4.27. The molecule has 6 N–H and O–H groups in total. The van der Waals surface area contributed by atoms with Crippen LogP contribution in [0.3, 0.4) is 0 Å². The summed E-state index contributed by atoms with van der Waals surface area (Å²) in [6.07, 6.45) is -3.59. The van der Waals surface area contributed by atoms with Crippen molar-refractivity contribution in [2.45, 2.75) is 36.0 Å². The Morgan fingerprint density at radius 2 is 2.12 bits per heavy atom. The van der Waals surface area contributed by atoms with Gasteiger partial charge in [-0.3, -0.25) is 4.57 Å². The minimum atomic E-state index is -4.73. The Bertz CT molecular complexity index is 863. The summed E-state index contributed by atoms with van der Waals surface area (Å²) in [5.74, 6) is 0.549. The van der Waals surface area contributed by atoms with Crippen LogP contribution in [0.4, 0.5) is 5.82 Å². The van der Waals surface area contributed by atoms with Gasteiger partial charge in [0, 0.05) is 12.0 Å². The number of aryl methyl sites for hydroxylation is 1. The van der Waals surface area contributed by atoms with Crippen LogP contribution in [0.1, 0.15) is 12.1 Å². The molecule has 1 aliphatic rings. The summed E-state index contributed by atoms with van der Waals surface area (Å²) in [4.78, 5) is 29.8. The van der Waals surface area contributed by atoms with Crippen LogP contribution in [0.15, 0.2) is 6.33 Å². The molecule has 0 amide bonds. The number of ether oxygens (including phenoxy) is 1. The smallest absolute Gasteiger partial charge is 0.387 e. The number of hydrogen-bond acceptors (Lipinski definition) is 11. The van der Waals surface area contributed by atoms with E-state index in [1.807, 2.05) is 0 Å². The third kappa shape index (κ3) is 3.83. The molecule has 144 valence electrons. The molecule has 26 heavy (non-hydrogen) atoms. The van der Waals surface area contributed by atoms with E-state index in [1.165, 1.54) is 10.9 Å². The Hall–Kier alpha value is -0.960. The Morgan fingerprint density at radius 1 is 1.42 bits per heavy atom. The van der Waals surface area contributed by atoms with Crippen LogP contribution in [-0.4, -0.2) is 62.4 Å². The number of phosphoric acid groups is 1. The second-order valence-corrected chi connectivity index (χ2v) is 8.69. The van der Waals surface area contributed by atoms with Crippen molar-refractivity contribution >= 4 is 49.5 Å². The number of nitrogen functional groups attached to an aromatic ring is 1. The lowest BCUT2D eigenvalue weighted by atomic mass is 10.1. The van der Waals surface area contributed by atoms with Gasteiger partial charge in [-0.1, -0.05) is 0 Å².